The Morgan fingerprint density at radius 1 is 1.11 bits per heavy atom. The van der Waals surface area contributed by atoms with E-state index in [1.54, 1.807) is 0 Å². The van der Waals surface area contributed by atoms with Crippen LogP contribution >= 0.6 is 0 Å². The predicted octanol–water partition coefficient (Wildman–Crippen LogP) is 2.66. The van der Waals surface area contributed by atoms with Crippen LogP contribution in [0.1, 0.15) is 18.1 Å². The van der Waals surface area contributed by atoms with Gasteiger partial charge in [-0.1, -0.05) is 12.1 Å². The van der Waals surface area contributed by atoms with Crippen molar-refractivity contribution in [1.29, 1.82) is 10.5 Å². The normalized spacial score (nSPS) is 18.5. The van der Waals surface area contributed by atoms with Crippen molar-refractivity contribution in [2.24, 2.45) is 0 Å². The van der Waals surface area contributed by atoms with Gasteiger partial charge in [0, 0.05) is 12.7 Å². The molecule has 96 valence electrons. The second kappa shape index (κ2) is 4.66. The fourth-order valence-corrected chi connectivity index (χ4v) is 2.37. The minimum absolute atomic E-state index is 0.0372. The topological polar surface area (TPSA) is 54.1 Å². The maximum absolute atomic E-state index is 9.37. The Labute approximate surface area is 113 Å². The number of aryl methyl sites for hydroxylation is 2. The van der Waals surface area contributed by atoms with Crippen LogP contribution in [0.4, 0.5) is 5.69 Å². The van der Waals surface area contributed by atoms with Gasteiger partial charge in [-0.25, -0.2) is 0 Å². The van der Waals surface area contributed by atoms with Gasteiger partial charge < -0.3 is 9.80 Å². The number of nitriles is 2. The molecule has 0 spiro atoms. The zero-order valence-electron chi connectivity index (χ0n) is 11.6. The summed E-state index contributed by atoms with van der Waals surface area (Å²) in [6.45, 7) is 6.03. The van der Waals surface area contributed by atoms with Crippen LogP contribution in [0, 0.1) is 36.5 Å². The Morgan fingerprint density at radius 2 is 1.74 bits per heavy atom. The van der Waals surface area contributed by atoms with E-state index in [1.807, 2.05) is 49.8 Å². The predicted molar refractivity (Wildman–Crippen MR) is 73.9 cm³/mol. The lowest BCUT2D eigenvalue weighted by Crippen LogP contribution is -2.36. The van der Waals surface area contributed by atoms with Crippen molar-refractivity contribution in [3.8, 4) is 12.1 Å². The molecule has 0 N–H and O–H groups in total. The summed E-state index contributed by atoms with van der Waals surface area (Å²) in [4.78, 5) is 3.77. The van der Waals surface area contributed by atoms with Gasteiger partial charge in [0.05, 0.1) is 0 Å². The highest BCUT2D eigenvalue weighted by atomic mass is 15.4. The quantitative estimate of drug-likeness (QED) is 0.771. The van der Waals surface area contributed by atoms with Crippen molar-refractivity contribution in [3.05, 3.63) is 40.7 Å². The number of hydrogen-bond donors (Lipinski definition) is 0. The summed E-state index contributed by atoms with van der Waals surface area (Å²) in [5.74, 6) is 0. The van der Waals surface area contributed by atoms with E-state index < -0.39 is 0 Å². The molecule has 0 saturated heterocycles. The molecule has 4 nitrogen and oxygen atoms in total. The van der Waals surface area contributed by atoms with Gasteiger partial charge in [0.1, 0.15) is 18.3 Å². The van der Waals surface area contributed by atoms with Crippen molar-refractivity contribution in [2.45, 2.75) is 26.9 Å². The molecule has 1 atom stereocenters. The number of anilines is 1. The Kier molecular flexibility index (Phi) is 3.19. The Morgan fingerprint density at radius 3 is 2.32 bits per heavy atom. The average molecular weight is 252 g/mol. The highest BCUT2D eigenvalue weighted by Gasteiger charge is 2.35. The van der Waals surface area contributed by atoms with Crippen molar-refractivity contribution in [3.63, 3.8) is 0 Å². The van der Waals surface area contributed by atoms with Crippen LogP contribution < -0.4 is 4.90 Å². The van der Waals surface area contributed by atoms with E-state index >= 15 is 0 Å². The van der Waals surface area contributed by atoms with Crippen LogP contribution in [-0.4, -0.2) is 18.1 Å². The first-order valence-electron chi connectivity index (χ1n) is 6.15. The fourth-order valence-electron chi connectivity index (χ4n) is 2.37. The largest absolute Gasteiger partial charge is 0.343 e. The standard InChI is InChI=1S/C15H16N4/c1-10-5-6-11(2)13(7-10)19-12(3)18(4)14(8-16)15(19)9-17/h5-7,12H,1-4H3/t12-/m0/s1. The van der Waals surface area contributed by atoms with Crippen LogP contribution in [0.15, 0.2) is 29.6 Å². The van der Waals surface area contributed by atoms with Crippen LogP contribution in [0.3, 0.4) is 0 Å². The first kappa shape index (κ1) is 13.0. The highest BCUT2D eigenvalue weighted by Crippen LogP contribution is 2.34. The van der Waals surface area contributed by atoms with E-state index in [9.17, 15) is 10.5 Å². The average Bonchev–Trinajstić information content (AvgIpc) is 2.64. The van der Waals surface area contributed by atoms with Gasteiger partial charge in [0.2, 0.25) is 0 Å². The minimum Gasteiger partial charge on any atom is -0.343 e. The first-order chi connectivity index (χ1) is 9.01. The summed E-state index contributed by atoms with van der Waals surface area (Å²) < 4.78 is 0. The summed E-state index contributed by atoms with van der Waals surface area (Å²) in [6.07, 6.45) is -0.0372. The van der Waals surface area contributed by atoms with Crippen LogP contribution in [-0.2, 0) is 0 Å². The van der Waals surface area contributed by atoms with E-state index in [1.165, 1.54) is 0 Å². The minimum atomic E-state index is -0.0372. The van der Waals surface area contributed by atoms with Gasteiger partial charge in [-0.2, -0.15) is 10.5 Å². The number of benzene rings is 1. The lowest BCUT2D eigenvalue weighted by Gasteiger charge is -2.29. The summed E-state index contributed by atoms with van der Waals surface area (Å²) >= 11 is 0. The molecule has 0 radical (unpaired) electrons. The number of hydrogen-bond acceptors (Lipinski definition) is 4. The SMILES string of the molecule is Cc1ccc(C)c(N2C(C#N)=C(C#N)N(C)[C@@H]2C)c1. The van der Waals surface area contributed by atoms with Gasteiger partial charge in [-0.15, -0.1) is 0 Å². The zero-order valence-corrected chi connectivity index (χ0v) is 11.6. The van der Waals surface area contributed by atoms with E-state index in [4.69, 9.17) is 0 Å². The monoisotopic (exact) mass is 252 g/mol. The molecule has 1 aliphatic rings. The van der Waals surface area contributed by atoms with Gasteiger partial charge >= 0.3 is 0 Å². The fraction of sp³-hybridized carbons (Fsp3) is 0.333. The Balaban J connectivity index is 2.62. The van der Waals surface area contributed by atoms with Gasteiger partial charge in [0.15, 0.2) is 11.4 Å². The molecule has 0 aromatic heterocycles. The van der Waals surface area contributed by atoms with Crippen molar-refractivity contribution >= 4 is 5.69 Å². The van der Waals surface area contributed by atoms with E-state index in [0.29, 0.717) is 11.4 Å². The molecule has 19 heavy (non-hydrogen) atoms. The molecule has 0 aliphatic carbocycles. The Hall–Kier alpha value is -2.46. The third-order valence-electron chi connectivity index (χ3n) is 3.59. The lowest BCUT2D eigenvalue weighted by atomic mass is 10.1. The molecular weight excluding hydrogens is 236 g/mol. The van der Waals surface area contributed by atoms with Crippen molar-refractivity contribution < 1.29 is 0 Å². The van der Waals surface area contributed by atoms with E-state index in [0.717, 1.165) is 16.8 Å². The second-order valence-electron chi connectivity index (χ2n) is 4.82. The van der Waals surface area contributed by atoms with E-state index in [-0.39, 0.29) is 6.17 Å². The molecule has 0 unspecified atom stereocenters. The van der Waals surface area contributed by atoms with Crippen molar-refractivity contribution in [2.75, 3.05) is 11.9 Å². The number of allylic oxidation sites excluding steroid dienone is 2. The molecule has 0 saturated carbocycles. The third-order valence-corrected chi connectivity index (χ3v) is 3.59. The summed E-state index contributed by atoms with van der Waals surface area (Å²) in [5.41, 5.74) is 4.07. The first-order valence-corrected chi connectivity index (χ1v) is 6.15. The molecule has 1 aromatic rings. The van der Waals surface area contributed by atoms with Crippen LogP contribution in [0.25, 0.3) is 0 Å². The smallest absolute Gasteiger partial charge is 0.157 e. The van der Waals surface area contributed by atoms with Crippen LogP contribution in [0.2, 0.25) is 0 Å². The zero-order chi connectivity index (χ0) is 14.2. The molecule has 4 heteroatoms. The maximum Gasteiger partial charge on any atom is 0.157 e. The summed E-state index contributed by atoms with van der Waals surface area (Å²) in [6, 6.07) is 10.4. The molecule has 0 bridgehead atoms. The second-order valence-corrected chi connectivity index (χ2v) is 4.82. The van der Waals surface area contributed by atoms with Gasteiger partial charge in [0.25, 0.3) is 0 Å². The lowest BCUT2D eigenvalue weighted by molar-refractivity contribution is 0.367. The maximum atomic E-state index is 9.37. The molecule has 1 aliphatic heterocycles. The van der Waals surface area contributed by atoms with E-state index in [2.05, 4.69) is 18.2 Å². The Bertz CT molecular complexity index is 631. The number of nitrogens with zero attached hydrogens (tertiary/aromatic N) is 4. The van der Waals surface area contributed by atoms with Crippen LogP contribution in [0.5, 0.6) is 0 Å². The molecule has 2 rings (SSSR count). The molecular formula is C15H16N4. The number of rotatable bonds is 1. The summed E-state index contributed by atoms with van der Waals surface area (Å²) in [5, 5.41) is 18.6. The molecule has 1 heterocycles. The van der Waals surface area contributed by atoms with Crippen molar-refractivity contribution in [1.82, 2.24) is 4.90 Å². The van der Waals surface area contributed by atoms with Gasteiger partial charge in [-0.05, 0) is 38.0 Å². The molecule has 0 amide bonds. The molecule has 1 aromatic carbocycles. The summed E-state index contributed by atoms with van der Waals surface area (Å²) in [7, 11) is 1.84. The molecule has 0 fully saturated rings. The third kappa shape index (κ3) is 1.92. The highest BCUT2D eigenvalue weighted by molar-refractivity contribution is 5.66. The van der Waals surface area contributed by atoms with Gasteiger partial charge in [-0.3, -0.25) is 0 Å².